The summed E-state index contributed by atoms with van der Waals surface area (Å²) in [5.74, 6) is -0.201. The molecule has 1 aliphatic rings. The lowest BCUT2D eigenvalue weighted by Crippen LogP contribution is -2.40. The first-order valence-electron chi connectivity index (χ1n) is 8.36. The van der Waals surface area contributed by atoms with E-state index in [1.165, 1.54) is 30.3 Å². The van der Waals surface area contributed by atoms with Gasteiger partial charge in [0.05, 0.1) is 10.6 Å². The Morgan fingerprint density at radius 1 is 1.11 bits per heavy atom. The molecule has 0 aliphatic carbocycles. The SMILES string of the molecule is CCNC(=O)CN(c1ccc(F)cc1)S(=O)(=O)c1ccc2c(c1)OCCO2. The quantitative estimate of drug-likeness (QED) is 0.809. The molecular formula is C18H19FN2O5S. The van der Waals surface area contributed by atoms with Gasteiger partial charge in [-0.2, -0.15) is 0 Å². The summed E-state index contributed by atoms with van der Waals surface area (Å²) in [6, 6.07) is 9.15. The van der Waals surface area contributed by atoms with Crippen molar-refractivity contribution in [2.24, 2.45) is 0 Å². The first-order chi connectivity index (χ1) is 12.9. The Labute approximate surface area is 156 Å². The number of hydrogen-bond donors (Lipinski definition) is 1. The van der Waals surface area contributed by atoms with Crippen molar-refractivity contribution in [1.29, 1.82) is 0 Å². The molecule has 0 saturated heterocycles. The van der Waals surface area contributed by atoms with Gasteiger partial charge >= 0.3 is 0 Å². The first-order valence-corrected chi connectivity index (χ1v) is 9.80. The molecule has 0 atom stereocenters. The number of nitrogens with one attached hydrogen (secondary N) is 1. The summed E-state index contributed by atoms with van der Waals surface area (Å²) in [5.41, 5.74) is 0.178. The Kier molecular flexibility index (Phi) is 5.50. The van der Waals surface area contributed by atoms with Crippen molar-refractivity contribution in [2.75, 3.05) is 30.6 Å². The van der Waals surface area contributed by atoms with Gasteiger partial charge in [-0.1, -0.05) is 0 Å². The van der Waals surface area contributed by atoms with Crippen LogP contribution >= 0.6 is 0 Å². The molecule has 7 nitrogen and oxygen atoms in total. The second-order valence-corrected chi connectivity index (χ2v) is 7.61. The lowest BCUT2D eigenvalue weighted by atomic mass is 10.3. The molecule has 0 bridgehead atoms. The number of amides is 1. The van der Waals surface area contributed by atoms with Gasteiger partial charge in [-0.05, 0) is 43.3 Å². The van der Waals surface area contributed by atoms with Crippen molar-refractivity contribution >= 4 is 21.6 Å². The number of ether oxygens (including phenoxy) is 2. The molecule has 0 fully saturated rings. The Morgan fingerprint density at radius 3 is 2.44 bits per heavy atom. The van der Waals surface area contributed by atoms with Gasteiger partial charge in [0.25, 0.3) is 10.0 Å². The van der Waals surface area contributed by atoms with Crippen molar-refractivity contribution in [1.82, 2.24) is 5.32 Å². The van der Waals surface area contributed by atoms with E-state index in [0.717, 1.165) is 16.4 Å². The van der Waals surface area contributed by atoms with Gasteiger partial charge in [-0.3, -0.25) is 9.10 Å². The minimum Gasteiger partial charge on any atom is -0.486 e. The zero-order valence-electron chi connectivity index (χ0n) is 14.6. The second-order valence-electron chi connectivity index (χ2n) is 5.75. The number of rotatable bonds is 6. The van der Waals surface area contributed by atoms with Crippen molar-refractivity contribution in [3.8, 4) is 11.5 Å². The Morgan fingerprint density at radius 2 is 1.78 bits per heavy atom. The van der Waals surface area contributed by atoms with Crippen LogP contribution in [0.15, 0.2) is 47.4 Å². The monoisotopic (exact) mass is 394 g/mol. The summed E-state index contributed by atoms with van der Waals surface area (Å²) in [6.07, 6.45) is 0. The standard InChI is InChI=1S/C18H19FN2O5S/c1-2-20-18(22)12-21(14-5-3-13(19)4-6-14)27(23,24)15-7-8-16-17(11-15)26-10-9-25-16/h3-8,11H,2,9-10,12H2,1H3,(H,20,22). The lowest BCUT2D eigenvalue weighted by Gasteiger charge is -2.25. The summed E-state index contributed by atoms with van der Waals surface area (Å²) in [7, 11) is -4.10. The van der Waals surface area contributed by atoms with Crippen LogP contribution in [-0.4, -0.2) is 40.6 Å². The molecule has 0 unspecified atom stereocenters. The molecule has 144 valence electrons. The molecule has 1 N–H and O–H groups in total. The van der Waals surface area contributed by atoms with Crippen LogP contribution in [0, 0.1) is 5.82 Å². The zero-order valence-corrected chi connectivity index (χ0v) is 15.5. The van der Waals surface area contributed by atoms with Gasteiger partial charge in [0.1, 0.15) is 25.6 Å². The molecule has 0 saturated carbocycles. The van der Waals surface area contributed by atoms with Gasteiger partial charge in [-0.15, -0.1) is 0 Å². The molecule has 2 aromatic rings. The van der Waals surface area contributed by atoms with Crippen molar-refractivity contribution in [2.45, 2.75) is 11.8 Å². The number of halogens is 1. The average molecular weight is 394 g/mol. The highest BCUT2D eigenvalue weighted by molar-refractivity contribution is 7.92. The molecule has 3 rings (SSSR count). The Balaban J connectivity index is 2.01. The highest BCUT2D eigenvalue weighted by atomic mass is 32.2. The van der Waals surface area contributed by atoms with E-state index >= 15 is 0 Å². The fourth-order valence-electron chi connectivity index (χ4n) is 2.62. The van der Waals surface area contributed by atoms with E-state index in [9.17, 15) is 17.6 Å². The number of benzene rings is 2. The highest BCUT2D eigenvalue weighted by Crippen LogP contribution is 2.34. The Hall–Kier alpha value is -2.81. The van der Waals surface area contributed by atoms with E-state index in [1.807, 2.05) is 0 Å². The summed E-state index contributed by atoms with van der Waals surface area (Å²) in [4.78, 5) is 12.0. The number of anilines is 1. The maximum Gasteiger partial charge on any atom is 0.264 e. The molecule has 2 aromatic carbocycles. The van der Waals surface area contributed by atoms with Crippen LogP contribution in [0.25, 0.3) is 0 Å². The van der Waals surface area contributed by atoms with Crippen LogP contribution in [0.2, 0.25) is 0 Å². The summed E-state index contributed by atoms with van der Waals surface area (Å²) >= 11 is 0. The fourth-order valence-corrected chi connectivity index (χ4v) is 4.05. The fraction of sp³-hybridized carbons (Fsp3) is 0.278. The van der Waals surface area contributed by atoms with Crippen LogP contribution in [-0.2, 0) is 14.8 Å². The summed E-state index contributed by atoms with van der Waals surface area (Å²) in [5, 5.41) is 2.57. The first kappa shape index (κ1) is 19.0. The second kappa shape index (κ2) is 7.83. The van der Waals surface area contributed by atoms with E-state index < -0.39 is 28.3 Å². The number of nitrogens with zero attached hydrogens (tertiary/aromatic N) is 1. The molecule has 0 aromatic heterocycles. The molecular weight excluding hydrogens is 375 g/mol. The third kappa shape index (κ3) is 4.13. The van der Waals surface area contributed by atoms with Crippen molar-refractivity contribution in [3.63, 3.8) is 0 Å². The third-order valence-corrected chi connectivity index (χ3v) is 5.65. The maximum atomic E-state index is 13.3. The predicted molar refractivity (Wildman–Crippen MR) is 97.0 cm³/mol. The molecule has 1 heterocycles. The summed E-state index contributed by atoms with van der Waals surface area (Å²) in [6.45, 7) is 2.36. The van der Waals surface area contributed by atoms with Crippen molar-refractivity contribution < 1.29 is 27.1 Å². The molecule has 27 heavy (non-hydrogen) atoms. The lowest BCUT2D eigenvalue weighted by molar-refractivity contribution is -0.119. The van der Waals surface area contributed by atoms with Gasteiger partial charge in [-0.25, -0.2) is 12.8 Å². The average Bonchev–Trinajstić information content (AvgIpc) is 2.66. The van der Waals surface area contributed by atoms with Crippen LogP contribution in [0.4, 0.5) is 10.1 Å². The molecule has 9 heteroatoms. The number of fused-ring (bicyclic) bond motifs is 1. The van der Waals surface area contributed by atoms with Crippen LogP contribution < -0.4 is 19.1 Å². The van der Waals surface area contributed by atoms with E-state index in [0.29, 0.717) is 31.3 Å². The number of sulfonamides is 1. The molecule has 1 aliphatic heterocycles. The minimum absolute atomic E-state index is 0.0552. The largest absolute Gasteiger partial charge is 0.486 e. The third-order valence-electron chi connectivity index (χ3n) is 3.88. The highest BCUT2D eigenvalue weighted by Gasteiger charge is 2.28. The van der Waals surface area contributed by atoms with Gasteiger partial charge in [0, 0.05) is 12.6 Å². The van der Waals surface area contributed by atoms with Crippen LogP contribution in [0.5, 0.6) is 11.5 Å². The summed E-state index contributed by atoms with van der Waals surface area (Å²) < 4.78 is 51.4. The van der Waals surface area contributed by atoms with Crippen LogP contribution in [0.1, 0.15) is 6.92 Å². The Bertz CT molecular complexity index is 931. The number of hydrogen-bond acceptors (Lipinski definition) is 5. The minimum atomic E-state index is -4.10. The normalized spacial score (nSPS) is 13.1. The molecule has 1 amide bonds. The van der Waals surface area contributed by atoms with Crippen molar-refractivity contribution in [3.05, 3.63) is 48.3 Å². The molecule has 0 spiro atoms. The number of likely N-dealkylation sites (N-methyl/N-ethyl adjacent to an activating group) is 1. The van der Waals surface area contributed by atoms with Gasteiger partial charge in [0.15, 0.2) is 11.5 Å². The van der Waals surface area contributed by atoms with E-state index in [1.54, 1.807) is 6.92 Å². The van der Waals surface area contributed by atoms with E-state index in [2.05, 4.69) is 5.32 Å². The van der Waals surface area contributed by atoms with Gasteiger partial charge in [0.2, 0.25) is 5.91 Å². The smallest absolute Gasteiger partial charge is 0.264 e. The maximum absolute atomic E-state index is 13.3. The predicted octanol–water partition coefficient (Wildman–Crippen LogP) is 1.93. The van der Waals surface area contributed by atoms with E-state index in [-0.39, 0.29) is 10.6 Å². The topological polar surface area (TPSA) is 84.9 Å². The van der Waals surface area contributed by atoms with Crippen LogP contribution in [0.3, 0.4) is 0 Å². The van der Waals surface area contributed by atoms with Gasteiger partial charge < -0.3 is 14.8 Å². The number of carbonyl (C=O) groups is 1. The van der Waals surface area contributed by atoms with E-state index in [4.69, 9.17) is 9.47 Å². The molecule has 0 radical (unpaired) electrons. The zero-order chi connectivity index (χ0) is 19.4. The number of carbonyl (C=O) groups excluding carboxylic acids is 1.